The van der Waals surface area contributed by atoms with Gasteiger partial charge in [0.2, 0.25) is 5.13 Å². The molecule has 5 rings (SSSR count). The van der Waals surface area contributed by atoms with Crippen molar-refractivity contribution in [2.45, 2.75) is 16.1 Å². The summed E-state index contributed by atoms with van der Waals surface area (Å²) >= 11 is 2.47. The molecule has 3 aromatic carbocycles. The molecule has 0 saturated heterocycles. The highest BCUT2D eigenvalue weighted by Crippen LogP contribution is 2.44. The van der Waals surface area contributed by atoms with Crippen LogP contribution in [0.2, 0.25) is 0 Å². The lowest BCUT2D eigenvalue weighted by molar-refractivity contribution is -0.117. The number of methoxy groups -OCH3 is 1. The normalized spacial score (nSPS) is 15.3. The van der Waals surface area contributed by atoms with Crippen LogP contribution in [0.1, 0.15) is 22.7 Å². The van der Waals surface area contributed by atoms with Gasteiger partial charge in [-0.1, -0.05) is 77.7 Å². The second-order valence-corrected chi connectivity index (χ2v) is 10.8. The van der Waals surface area contributed by atoms with Gasteiger partial charge >= 0.3 is 0 Å². The Kier molecular flexibility index (Phi) is 7.94. The number of hydrogen-bond acceptors (Lipinski definition) is 9. The molecule has 2 heterocycles. The van der Waals surface area contributed by atoms with Gasteiger partial charge in [0.15, 0.2) is 27.4 Å². The number of anilines is 1. The molecular weight excluding hydrogens is 553 g/mol. The number of hydrogen-bond donors (Lipinski definition) is 2. The first-order valence-electron chi connectivity index (χ1n) is 12.0. The topological polar surface area (TPSA) is 113 Å². The molecular formula is C29H22FN3O5S2. The average molecular weight is 576 g/mol. The summed E-state index contributed by atoms with van der Waals surface area (Å²) in [5.74, 6) is -1.88. The Bertz CT molecular complexity index is 1620. The van der Waals surface area contributed by atoms with E-state index in [1.807, 2.05) is 30.3 Å². The minimum Gasteiger partial charge on any atom is -0.504 e. The average Bonchev–Trinajstić information content (AvgIpc) is 3.54. The van der Waals surface area contributed by atoms with Crippen LogP contribution in [0.5, 0.6) is 11.5 Å². The first-order valence-corrected chi connectivity index (χ1v) is 13.8. The van der Waals surface area contributed by atoms with Crippen LogP contribution in [-0.4, -0.2) is 39.2 Å². The number of allylic oxidation sites excluding steroid dienone is 1. The number of rotatable bonds is 9. The first kappa shape index (κ1) is 27.1. The molecule has 0 spiro atoms. The third kappa shape index (κ3) is 5.61. The molecule has 0 saturated carbocycles. The lowest BCUT2D eigenvalue weighted by Crippen LogP contribution is -2.30. The molecule has 0 bridgehead atoms. The molecule has 1 aliphatic rings. The molecule has 1 amide bonds. The van der Waals surface area contributed by atoms with Crippen molar-refractivity contribution in [3.63, 3.8) is 0 Å². The van der Waals surface area contributed by atoms with E-state index in [9.17, 15) is 24.2 Å². The lowest BCUT2D eigenvalue weighted by Gasteiger charge is -2.24. The maximum absolute atomic E-state index is 13.4. The quantitative estimate of drug-likeness (QED) is 0.145. The molecule has 4 aromatic rings. The zero-order chi connectivity index (χ0) is 28.2. The van der Waals surface area contributed by atoms with Crippen LogP contribution in [0.25, 0.3) is 6.08 Å². The number of phenols is 1. The second-order valence-electron chi connectivity index (χ2n) is 8.65. The number of nitrogens with zero attached hydrogens (tertiary/aromatic N) is 3. The molecule has 202 valence electrons. The van der Waals surface area contributed by atoms with Gasteiger partial charge in [0.05, 0.1) is 18.7 Å². The van der Waals surface area contributed by atoms with Gasteiger partial charge in [-0.25, -0.2) is 4.39 Å². The number of aliphatic hydroxyl groups is 1. The van der Waals surface area contributed by atoms with Crippen molar-refractivity contribution in [3.05, 3.63) is 113 Å². The van der Waals surface area contributed by atoms with Gasteiger partial charge < -0.3 is 14.9 Å². The van der Waals surface area contributed by atoms with E-state index < -0.39 is 23.5 Å². The van der Waals surface area contributed by atoms with Crippen LogP contribution in [-0.2, 0) is 15.3 Å². The van der Waals surface area contributed by atoms with Crippen molar-refractivity contribution in [2.24, 2.45) is 0 Å². The smallest absolute Gasteiger partial charge is 0.296 e. The number of ketones is 1. The summed E-state index contributed by atoms with van der Waals surface area (Å²) in [6.45, 7) is 0. The zero-order valence-electron chi connectivity index (χ0n) is 21.0. The molecule has 2 N–H and O–H groups in total. The van der Waals surface area contributed by atoms with E-state index in [1.165, 1.54) is 54.1 Å². The monoisotopic (exact) mass is 575 g/mol. The lowest BCUT2D eigenvalue weighted by atomic mass is 9.95. The van der Waals surface area contributed by atoms with Crippen molar-refractivity contribution in [1.82, 2.24) is 10.2 Å². The summed E-state index contributed by atoms with van der Waals surface area (Å²) in [5, 5.41) is 29.6. The van der Waals surface area contributed by atoms with Crippen molar-refractivity contribution in [1.29, 1.82) is 0 Å². The van der Waals surface area contributed by atoms with Crippen molar-refractivity contribution >= 4 is 46.0 Å². The van der Waals surface area contributed by atoms with E-state index in [1.54, 1.807) is 24.3 Å². The third-order valence-electron chi connectivity index (χ3n) is 6.10. The fourth-order valence-corrected chi connectivity index (χ4v) is 5.97. The van der Waals surface area contributed by atoms with E-state index in [-0.39, 0.29) is 28.0 Å². The van der Waals surface area contributed by atoms with Crippen LogP contribution in [0.3, 0.4) is 0 Å². The predicted octanol–water partition coefficient (Wildman–Crippen LogP) is 5.87. The van der Waals surface area contributed by atoms with E-state index in [0.29, 0.717) is 15.7 Å². The molecule has 1 atom stereocenters. The van der Waals surface area contributed by atoms with Gasteiger partial charge in [-0.3, -0.25) is 14.5 Å². The highest BCUT2D eigenvalue weighted by atomic mass is 32.2. The van der Waals surface area contributed by atoms with Crippen LogP contribution in [0.4, 0.5) is 9.52 Å². The number of carbonyl (C=O) groups excluding carboxylic acids is 2. The number of aliphatic hydroxyl groups excluding tert-OH is 1. The molecule has 11 heteroatoms. The Labute approximate surface area is 237 Å². The fourth-order valence-electron chi connectivity index (χ4n) is 4.14. The summed E-state index contributed by atoms with van der Waals surface area (Å²) in [6.07, 6.45) is 2.89. The summed E-state index contributed by atoms with van der Waals surface area (Å²) in [5.41, 5.74) is 1.93. The Morgan fingerprint density at radius 1 is 1.10 bits per heavy atom. The van der Waals surface area contributed by atoms with E-state index in [0.717, 1.165) is 22.5 Å². The standard InChI is InChI=1S/C29H22FN3O5S2/c1-38-23-15-19(10-14-21(23)34)25-24(22(35)13-9-17-5-3-2-4-6-17)26(36)27(37)33(25)28-31-32-29(40-28)39-16-18-7-11-20(30)12-8-18/h2-15,25,34,36H,16H2,1H3. The second kappa shape index (κ2) is 11.7. The molecule has 0 fully saturated rings. The maximum atomic E-state index is 13.4. The number of aromatic hydroxyl groups is 1. The predicted molar refractivity (Wildman–Crippen MR) is 151 cm³/mol. The highest BCUT2D eigenvalue weighted by Gasteiger charge is 2.45. The van der Waals surface area contributed by atoms with Gasteiger partial charge in [0.25, 0.3) is 5.91 Å². The molecule has 0 radical (unpaired) electrons. The Morgan fingerprint density at radius 2 is 1.85 bits per heavy atom. The number of aromatic nitrogens is 2. The Balaban J connectivity index is 1.49. The van der Waals surface area contributed by atoms with Gasteiger partial charge in [-0.15, -0.1) is 10.2 Å². The molecule has 1 aromatic heterocycles. The zero-order valence-corrected chi connectivity index (χ0v) is 22.7. The van der Waals surface area contributed by atoms with E-state index in [2.05, 4.69) is 10.2 Å². The molecule has 0 aliphatic carbocycles. The minimum atomic E-state index is -1.06. The summed E-state index contributed by atoms with van der Waals surface area (Å²) in [4.78, 5) is 28.0. The van der Waals surface area contributed by atoms with E-state index >= 15 is 0 Å². The van der Waals surface area contributed by atoms with Crippen LogP contribution in [0, 0.1) is 5.82 Å². The van der Waals surface area contributed by atoms with Gasteiger partial charge in [0.1, 0.15) is 5.82 Å². The third-order valence-corrected chi connectivity index (χ3v) is 8.22. The molecule has 1 unspecified atom stereocenters. The fraction of sp³-hybridized carbons (Fsp3) is 0.103. The van der Waals surface area contributed by atoms with Crippen molar-refractivity contribution < 1.29 is 28.9 Å². The number of carbonyl (C=O) groups is 2. The number of thioether (sulfide) groups is 1. The van der Waals surface area contributed by atoms with Crippen LogP contribution >= 0.6 is 23.1 Å². The van der Waals surface area contributed by atoms with Gasteiger partial charge in [0, 0.05) is 5.75 Å². The first-order chi connectivity index (χ1) is 19.4. The van der Waals surface area contributed by atoms with Crippen molar-refractivity contribution in [2.75, 3.05) is 12.0 Å². The molecule has 40 heavy (non-hydrogen) atoms. The van der Waals surface area contributed by atoms with Gasteiger partial charge in [-0.2, -0.15) is 0 Å². The Hall–Kier alpha value is -4.48. The summed E-state index contributed by atoms with van der Waals surface area (Å²) < 4.78 is 19.0. The minimum absolute atomic E-state index is 0.123. The number of halogens is 1. The molecule has 8 nitrogen and oxygen atoms in total. The maximum Gasteiger partial charge on any atom is 0.296 e. The van der Waals surface area contributed by atoms with Crippen molar-refractivity contribution in [3.8, 4) is 11.5 Å². The van der Waals surface area contributed by atoms with Crippen LogP contribution in [0.15, 0.2) is 94.5 Å². The van der Waals surface area contributed by atoms with E-state index in [4.69, 9.17) is 4.74 Å². The van der Waals surface area contributed by atoms with Crippen LogP contribution < -0.4 is 9.64 Å². The van der Waals surface area contributed by atoms with Gasteiger partial charge in [-0.05, 0) is 47.0 Å². The highest BCUT2D eigenvalue weighted by molar-refractivity contribution is 8.00. The number of benzene rings is 3. The molecule has 1 aliphatic heterocycles. The Morgan fingerprint density at radius 3 is 2.58 bits per heavy atom. The SMILES string of the molecule is COc1cc(C2C(C(=O)C=Cc3ccccc3)=C(O)C(=O)N2c2nnc(SCc3ccc(F)cc3)s2)ccc1O. The summed E-state index contributed by atoms with van der Waals surface area (Å²) in [6, 6.07) is 18.6. The number of amides is 1. The number of phenolic OH excluding ortho intramolecular Hbond substituents is 1. The summed E-state index contributed by atoms with van der Waals surface area (Å²) in [7, 11) is 1.38. The largest absolute Gasteiger partial charge is 0.504 e. The number of ether oxygens (including phenoxy) is 1.